The Balaban J connectivity index is 2.46. The number of rotatable bonds is 6. The van der Waals surface area contributed by atoms with E-state index in [4.69, 9.17) is 5.11 Å². The van der Waals surface area contributed by atoms with Crippen molar-refractivity contribution in [2.45, 2.75) is 20.3 Å². The van der Waals surface area contributed by atoms with Crippen LogP contribution in [0.2, 0.25) is 0 Å². The summed E-state index contributed by atoms with van der Waals surface area (Å²) in [5, 5.41) is 13.0. The maximum Gasteiger partial charge on any atom is 0.322 e. The van der Waals surface area contributed by atoms with Crippen molar-refractivity contribution in [2.24, 2.45) is 0 Å². The van der Waals surface area contributed by atoms with Gasteiger partial charge in [0, 0.05) is 4.88 Å². The number of amides is 2. The molecule has 0 saturated carbocycles. The third-order valence-corrected chi connectivity index (χ3v) is 3.56. The van der Waals surface area contributed by atoms with Gasteiger partial charge in [-0.25, -0.2) is 0 Å². The largest absolute Gasteiger partial charge is 0.480 e. The van der Waals surface area contributed by atoms with E-state index >= 15 is 0 Å². The summed E-state index contributed by atoms with van der Waals surface area (Å²) in [7, 11) is 0. The first kappa shape index (κ1) is 15.2. The average Bonchev–Trinajstić information content (AvgIpc) is 2.74. The molecular weight excluding hydrogens is 268 g/mol. The molecule has 0 atom stereocenters. The highest BCUT2D eigenvalue weighted by atomic mass is 32.1. The zero-order valence-electron chi connectivity index (χ0n) is 10.8. The molecule has 0 saturated heterocycles. The number of hydrogen-bond acceptors (Lipinski definition) is 4. The lowest BCUT2D eigenvalue weighted by molar-refractivity contribution is -0.137. The summed E-state index contributed by atoms with van der Waals surface area (Å²) >= 11 is 1.38. The van der Waals surface area contributed by atoms with Gasteiger partial charge in [0.1, 0.15) is 6.54 Å². The maximum atomic E-state index is 11.8. The quantitative estimate of drug-likeness (QED) is 0.711. The molecule has 1 aromatic rings. The third-order valence-electron chi connectivity index (χ3n) is 2.47. The van der Waals surface area contributed by atoms with Crippen LogP contribution in [0.25, 0.3) is 0 Å². The van der Waals surface area contributed by atoms with Crippen molar-refractivity contribution in [1.29, 1.82) is 0 Å². The molecule has 0 fully saturated rings. The van der Waals surface area contributed by atoms with Gasteiger partial charge in [-0.1, -0.05) is 6.92 Å². The van der Waals surface area contributed by atoms with E-state index in [9.17, 15) is 14.4 Å². The molecule has 0 spiro atoms. The van der Waals surface area contributed by atoms with Crippen LogP contribution < -0.4 is 10.6 Å². The highest BCUT2D eigenvalue weighted by Gasteiger charge is 2.12. The van der Waals surface area contributed by atoms with Gasteiger partial charge in [-0.15, -0.1) is 11.3 Å². The summed E-state index contributed by atoms with van der Waals surface area (Å²) in [5.74, 6) is -1.97. The van der Waals surface area contributed by atoms with Gasteiger partial charge in [0.25, 0.3) is 5.91 Å². The molecule has 104 valence electrons. The zero-order valence-corrected chi connectivity index (χ0v) is 11.6. The normalized spacial score (nSPS) is 10.0. The molecule has 1 heterocycles. The second-order valence-corrected chi connectivity index (χ2v) is 5.16. The van der Waals surface area contributed by atoms with Crippen LogP contribution in [-0.2, 0) is 16.0 Å². The van der Waals surface area contributed by atoms with Crippen molar-refractivity contribution in [2.75, 3.05) is 13.1 Å². The lowest BCUT2D eigenvalue weighted by Crippen LogP contribution is -2.38. The first-order valence-electron chi connectivity index (χ1n) is 5.80. The second-order valence-electron chi connectivity index (χ2n) is 3.90. The van der Waals surface area contributed by atoms with Crippen molar-refractivity contribution in [3.05, 3.63) is 21.4 Å². The molecule has 7 heteroatoms. The van der Waals surface area contributed by atoms with E-state index in [0.717, 1.165) is 16.9 Å². The first-order valence-corrected chi connectivity index (χ1v) is 6.61. The van der Waals surface area contributed by atoms with Crippen LogP contribution in [0.1, 0.15) is 27.0 Å². The minimum absolute atomic E-state index is 0.232. The average molecular weight is 284 g/mol. The Morgan fingerprint density at radius 3 is 2.47 bits per heavy atom. The molecule has 2 amide bonds. The summed E-state index contributed by atoms with van der Waals surface area (Å²) in [6.07, 6.45) is 0.856. The van der Waals surface area contributed by atoms with E-state index < -0.39 is 18.4 Å². The fourth-order valence-corrected chi connectivity index (χ4v) is 2.50. The number of carbonyl (C=O) groups excluding carboxylic acids is 2. The predicted octanol–water partition coefficient (Wildman–Crippen LogP) is 0.550. The summed E-state index contributed by atoms with van der Waals surface area (Å²) in [4.78, 5) is 34.9. The highest BCUT2D eigenvalue weighted by molar-refractivity contribution is 7.14. The lowest BCUT2D eigenvalue weighted by atomic mass is 10.2. The molecule has 1 aromatic heterocycles. The topological polar surface area (TPSA) is 95.5 Å². The van der Waals surface area contributed by atoms with Gasteiger partial charge in [0.05, 0.1) is 11.4 Å². The third kappa shape index (κ3) is 4.70. The first-order chi connectivity index (χ1) is 8.93. The zero-order chi connectivity index (χ0) is 14.4. The van der Waals surface area contributed by atoms with E-state index in [-0.39, 0.29) is 12.5 Å². The lowest BCUT2D eigenvalue weighted by Gasteiger charge is -2.03. The predicted molar refractivity (Wildman–Crippen MR) is 71.4 cm³/mol. The van der Waals surface area contributed by atoms with E-state index in [1.54, 1.807) is 0 Å². The Bertz CT molecular complexity index is 496. The van der Waals surface area contributed by atoms with Crippen molar-refractivity contribution in [3.63, 3.8) is 0 Å². The number of carboxylic acids is 1. The smallest absolute Gasteiger partial charge is 0.322 e. The van der Waals surface area contributed by atoms with Gasteiger partial charge in [0.15, 0.2) is 0 Å². The maximum absolute atomic E-state index is 11.8. The number of thiophene rings is 1. The molecule has 6 nitrogen and oxygen atoms in total. The van der Waals surface area contributed by atoms with Gasteiger partial charge in [-0.2, -0.15) is 0 Å². The fourth-order valence-electron chi connectivity index (χ4n) is 1.47. The Kier molecular flexibility index (Phi) is 5.50. The Morgan fingerprint density at radius 2 is 1.95 bits per heavy atom. The Morgan fingerprint density at radius 1 is 1.26 bits per heavy atom. The van der Waals surface area contributed by atoms with Crippen molar-refractivity contribution in [3.8, 4) is 0 Å². The number of nitrogens with one attached hydrogen (secondary N) is 2. The van der Waals surface area contributed by atoms with Crippen LogP contribution in [0.5, 0.6) is 0 Å². The number of carbonyl (C=O) groups is 3. The minimum Gasteiger partial charge on any atom is -0.480 e. The van der Waals surface area contributed by atoms with Crippen molar-refractivity contribution < 1.29 is 19.5 Å². The van der Waals surface area contributed by atoms with E-state index in [1.165, 1.54) is 11.3 Å². The molecule has 3 N–H and O–H groups in total. The summed E-state index contributed by atoms with van der Waals surface area (Å²) in [6.45, 7) is 3.27. The number of hydrogen-bond donors (Lipinski definition) is 3. The summed E-state index contributed by atoms with van der Waals surface area (Å²) < 4.78 is 0. The van der Waals surface area contributed by atoms with Crippen LogP contribution in [0.4, 0.5) is 0 Å². The van der Waals surface area contributed by atoms with Gasteiger partial charge in [-0.05, 0) is 25.0 Å². The molecule has 0 aromatic carbocycles. The molecular formula is C12H16N2O4S. The van der Waals surface area contributed by atoms with E-state index in [0.29, 0.717) is 4.88 Å². The number of carboxylic acid groups (broad SMARTS) is 1. The second kappa shape index (κ2) is 6.89. The van der Waals surface area contributed by atoms with Crippen LogP contribution in [0, 0.1) is 6.92 Å². The fraction of sp³-hybridized carbons (Fsp3) is 0.417. The monoisotopic (exact) mass is 284 g/mol. The van der Waals surface area contributed by atoms with Crippen LogP contribution >= 0.6 is 11.3 Å². The Labute approximate surface area is 114 Å². The van der Waals surface area contributed by atoms with E-state index in [2.05, 4.69) is 10.6 Å². The minimum atomic E-state index is -1.12. The van der Waals surface area contributed by atoms with Gasteiger partial charge in [0.2, 0.25) is 5.91 Å². The number of aryl methyl sites for hydroxylation is 2. The summed E-state index contributed by atoms with van der Waals surface area (Å²) in [5.41, 5.74) is 1.12. The SMILES string of the molecule is CCc1cc(C(=O)NCC(=O)NCC(=O)O)sc1C. The molecule has 0 radical (unpaired) electrons. The highest BCUT2D eigenvalue weighted by Crippen LogP contribution is 2.21. The Hall–Kier alpha value is -1.89. The molecule has 1 rings (SSSR count). The van der Waals surface area contributed by atoms with Crippen LogP contribution in [0.15, 0.2) is 6.07 Å². The van der Waals surface area contributed by atoms with Gasteiger partial charge in [-0.3, -0.25) is 14.4 Å². The number of aliphatic carboxylic acids is 1. The van der Waals surface area contributed by atoms with Crippen molar-refractivity contribution >= 4 is 29.1 Å². The van der Waals surface area contributed by atoms with E-state index in [1.807, 2.05) is 19.9 Å². The van der Waals surface area contributed by atoms with Crippen LogP contribution in [-0.4, -0.2) is 36.0 Å². The van der Waals surface area contributed by atoms with Gasteiger partial charge < -0.3 is 15.7 Å². The van der Waals surface area contributed by atoms with Crippen molar-refractivity contribution in [1.82, 2.24) is 10.6 Å². The molecule has 0 bridgehead atoms. The van der Waals surface area contributed by atoms with Crippen LogP contribution in [0.3, 0.4) is 0 Å². The molecule has 0 aliphatic heterocycles. The van der Waals surface area contributed by atoms with Gasteiger partial charge >= 0.3 is 5.97 Å². The molecule has 0 aliphatic carbocycles. The molecule has 19 heavy (non-hydrogen) atoms. The molecule has 0 aliphatic rings. The molecule has 0 unspecified atom stereocenters. The standard InChI is InChI=1S/C12H16N2O4S/c1-3-8-4-9(19-7(8)2)12(18)14-5-10(15)13-6-11(16)17/h4H,3,5-6H2,1-2H3,(H,13,15)(H,14,18)(H,16,17). The summed E-state index contributed by atoms with van der Waals surface area (Å²) in [6, 6.07) is 1.81.